The molecule has 0 spiro atoms. The highest BCUT2D eigenvalue weighted by atomic mass is 16.6. The van der Waals surface area contributed by atoms with Crippen LogP contribution in [-0.2, 0) is 11.2 Å². The molecule has 0 bridgehead atoms. The van der Waals surface area contributed by atoms with Crippen LogP contribution in [0.4, 0.5) is 0 Å². The largest absolute Gasteiger partial charge is 0.486 e. The summed E-state index contributed by atoms with van der Waals surface area (Å²) in [7, 11) is 0. The van der Waals surface area contributed by atoms with Crippen molar-refractivity contribution in [2.24, 2.45) is 0 Å². The van der Waals surface area contributed by atoms with Crippen molar-refractivity contribution in [3.63, 3.8) is 0 Å². The van der Waals surface area contributed by atoms with E-state index < -0.39 is 11.8 Å². The van der Waals surface area contributed by atoms with Crippen LogP contribution in [0.2, 0.25) is 0 Å². The van der Waals surface area contributed by atoms with Crippen molar-refractivity contribution in [1.29, 1.82) is 0 Å². The van der Waals surface area contributed by atoms with Gasteiger partial charge in [0.1, 0.15) is 19.0 Å². The van der Waals surface area contributed by atoms with E-state index in [-0.39, 0.29) is 6.61 Å². The highest BCUT2D eigenvalue weighted by Crippen LogP contribution is 2.30. The maximum atomic E-state index is 12.1. The quantitative estimate of drug-likeness (QED) is 0.799. The fourth-order valence-corrected chi connectivity index (χ4v) is 2.50. The Kier molecular flexibility index (Phi) is 5.58. The van der Waals surface area contributed by atoms with Crippen molar-refractivity contribution in [2.75, 3.05) is 19.8 Å². The van der Waals surface area contributed by atoms with Crippen LogP contribution < -0.4 is 25.1 Å². The third-order valence-electron chi connectivity index (χ3n) is 3.83. The molecule has 3 rings (SSSR count). The van der Waals surface area contributed by atoms with Gasteiger partial charge in [0.2, 0.25) is 0 Å². The maximum absolute atomic E-state index is 12.1. The minimum absolute atomic E-state index is 0.196. The van der Waals surface area contributed by atoms with Gasteiger partial charge in [-0.3, -0.25) is 20.4 Å². The number of nitrogens with one attached hydrogen (secondary N) is 2. The van der Waals surface area contributed by atoms with E-state index in [9.17, 15) is 9.59 Å². The molecular weight excluding hydrogens is 336 g/mol. The maximum Gasteiger partial charge on any atom is 0.276 e. The Morgan fingerprint density at radius 3 is 2.62 bits per heavy atom. The van der Waals surface area contributed by atoms with E-state index in [1.165, 1.54) is 0 Å². The summed E-state index contributed by atoms with van der Waals surface area (Å²) < 4.78 is 16.3. The predicted octanol–water partition coefficient (Wildman–Crippen LogP) is 1.86. The Morgan fingerprint density at radius 1 is 1.04 bits per heavy atom. The molecule has 2 N–H and O–H groups in total. The van der Waals surface area contributed by atoms with Gasteiger partial charge in [0.25, 0.3) is 11.8 Å². The number of ether oxygens (including phenoxy) is 3. The Balaban J connectivity index is 1.50. The number of rotatable bonds is 5. The summed E-state index contributed by atoms with van der Waals surface area (Å²) >= 11 is 0. The van der Waals surface area contributed by atoms with Gasteiger partial charge in [0, 0.05) is 5.56 Å². The van der Waals surface area contributed by atoms with Crippen LogP contribution in [-0.4, -0.2) is 31.6 Å². The first-order valence-electron chi connectivity index (χ1n) is 8.37. The second-order valence-electron chi connectivity index (χ2n) is 5.61. The number of hydrogen-bond donors (Lipinski definition) is 2. The lowest BCUT2D eigenvalue weighted by atomic mass is 10.1. The fraction of sp³-hybridized carbons (Fsp3) is 0.263. The molecule has 2 aromatic rings. The Bertz CT molecular complexity index is 806. The van der Waals surface area contributed by atoms with Gasteiger partial charge >= 0.3 is 0 Å². The number of fused-ring (bicyclic) bond motifs is 1. The second kappa shape index (κ2) is 8.24. The summed E-state index contributed by atoms with van der Waals surface area (Å²) in [6.45, 7) is 2.73. The molecule has 0 aromatic heterocycles. The van der Waals surface area contributed by atoms with Crippen LogP contribution in [0.15, 0.2) is 42.5 Å². The summed E-state index contributed by atoms with van der Waals surface area (Å²) in [5.74, 6) is 0.851. The molecule has 2 aromatic carbocycles. The minimum Gasteiger partial charge on any atom is -0.486 e. The number of aryl methyl sites for hydroxylation is 1. The number of carbonyl (C=O) groups is 2. The summed E-state index contributed by atoms with van der Waals surface area (Å²) in [6.07, 6.45) is 0.804. The molecule has 2 amide bonds. The summed E-state index contributed by atoms with van der Waals surface area (Å²) in [5.41, 5.74) is 6.06. The molecule has 26 heavy (non-hydrogen) atoms. The Hall–Kier alpha value is -3.22. The summed E-state index contributed by atoms with van der Waals surface area (Å²) in [4.78, 5) is 24.0. The highest BCUT2D eigenvalue weighted by Gasteiger charge is 2.15. The van der Waals surface area contributed by atoms with Gasteiger partial charge in [-0.25, -0.2) is 0 Å². The van der Waals surface area contributed by atoms with Crippen molar-refractivity contribution in [3.8, 4) is 17.2 Å². The van der Waals surface area contributed by atoms with Crippen LogP contribution >= 0.6 is 0 Å². The molecule has 136 valence electrons. The van der Waals surface area contributed by atoms with E-state index in [1.54, 1.807) is 24.3 Å². The number of para-hydroxylation sites is 1. The molecule has 1 heterocycles. The molecule has 7 heteroatoms. The monoisotopic (exact) mass is 356 g/mol. The third kappa shape index (κ3) is 4.24. The standard InChI is InChI=1S/C19H20N2O5/c1-2-13-5-3-4-6-15(13)26-12-18(22)20-21-19(23)14-7-8-16-17(11-14)25-10-9-24-16/h3-8,11H,2,9-10,12H2,1H3,(H,20,22)(H,21,23). The van der Waals surface area contributed by atoms with Crippen LogP contribution in [0.1, 0.15) is 22.8 Å². The molecule has 0 fully saturated rings. The third-order valence-corrected chi connectivity index (χ3v) is 3.83. The van der Waals surface area contributed by atoms with Crippen LogP contribution in [0.3, 0.4) is 0 Å². The fourth-order valence-electron chi connectivity index (χ4n) is 2.50. The van der Waals surface area contributed by atoms with E-state index >= 15 is 0 Å². The van der Waals surface area contributed by atoms with E-state index in [2.05, 4.69) is 10.9 Å². The summed E-state index contributed by atoms with van der Waals surface area (Å²) in [5, 5.41) is 0. The van der Waals surface area contributed by atoms with Crippen molar-refractivity contribution < 1.29 is 23.8 Å². The molecule has 1 aliphatic rings. The smallest absolute Gasteiger partial charge is 0.276 e. The van der Waals surface area contributed by atoms with Gasteiger partial charge < -0.3 is 14.2 Å². The van der Waals surface area contributed by atoms with Crippen LogP contribution in [0.25, 0.3) is 0 Å². The molecule has 0 saturated carbocycles. The Labute approximate surface area is 151 Å². The lowest BCUT2D eigenvalue weighted by Gasteiger charge is -2.18. The average molecular weight is 356 g/mol. The van der Waals surface area contributed by atoms with E-state index in [0.29, 0.717) is 36.0 Å². The van der Waals surface area contributed by atoms with Crippen LogP contribution in [0.5, 0.6) is 17.2 Å². The lowest BCUT2D eigenvalue weighted by Crippen LogP contribution is -2.43. The van der Waals surface area contributed by atoms with E-state index in [0.717, 1.165) is 12.0 Å². The second-order valence-corrected chi connectivity index (χ2v) is 5.61. The first-order valence-corrected chi connectivity index (χ1v) is 8.37. The zero-order chi connectivity index (χ0) is 18.4. The van der Waals surface area contributed by atoms with Gasteiger partial charge in [0.05, 0.1) is 0 Å². The van der Waals surface area contributed by atoms with Crippen LogP contribution in [0, 0.1) is 0 Å². The molecule has 0 radical (unpaired) electrons. The van der Waals surface area contributed by atoms with Crippen molar-refractivity contribution in [1.82, 2.24) is 10.9 Å². The Morgan fingerprint density at radius 2 is 1.81 bits per heavy atom. The van der Waals surface area contributed by atoms with Crippen molar-refractivity contribution in [3.05, 3.63) is 53.6 Å². The molecule has 0 aliphatic carbocycles. The van der Waals surface area contributed by atoms with Crippen molar-refractivity contribution >= 4 is 11.8 Å². The molecule has 0 atom stereocenters. The topological polar surface area (TPSA) is 85.9 Å². The minimum atomic E-state index is -0.457. The zero-order valence-corrected chi connectivity index (χ0v) is 14.4. The molecule has 1 aliphatic heterocycles. The van der Waals surface area contributed by atoms with E-state index in [4.69, 9.17) is 14.2 Å². The average Bonchev–Trinajstić information content (AvgIpc) is 2.70. The lowest BCUT2D eigenvalue weighted by molar-refractivity contribution is -0.123. The molecule has 7 nitrogen and oxygen atoms in total. The highest BCUT2D eigenvalue weighted by molar-refractivity contribution is 5.96. The molecular formula is C19H20N2O5. The number of carbonyl (C=O) groups excluding carboxylic acids is 2. The van der Waals surface area contributed by atoms with E-state index in [1.807, 2.05) is 25.1 Å². The molecule has 0 saturated heterocycles. The van der Waals surface area contributed by atoms with Gasteiger partial charge in [-0.15, -0.1) is 0 Å². The van der Waals surface area contributed by atoms with Gasteiger partial charge in [-0.05, 0) is 36.2 Å². The number of hydrazine groups is 1. The van der Waals surface area contributed by atoms with Gasteiger partial charge in [-0.2, -0.15) is 0 Å². The summed E-state index contributed by atoms with van der Waals surface area (Å²) in [6, 6.07) is 12.3. The SMILES string of the molecule is CCc1ccccc1OCC(=O)NNC(=O)c1ccc2c(c1)OCCO2. The first kappa shape index (κ1) is 17.6. The first-order chi connectivity index (χ1) is 12.7. The number of benzene rings is 2. The number of amides is 2. The van der Waals surface area contributed by atoms with Crippen molar-refractivity contribution in [2.45, 2.75) is 13.3 Å². The molecule has 0 unspecified atom stereocenters. The normalized spacial score (nSPS) is 12.2. The van der Waals surface area contributed by atoms with Gasteiger partial charge in [-0.1, -0.05) is 25.1 Å². The van der Waals surface area contributed by atoms with Gasteiger partial charge in [0.15, 0.2) is 18.1 Å². The number of hydrogen-bond acceptors (Lipinski definition) is 5. The predicted molar refractivity (Wildman–Crippen MR) is 94.4 cm³/mol. The zero-order valence-electron chi connectivity index (χ0n) is 14.4.